The summed E-state index contributed by atoms with van der Waals surface area (Å²) in [5.41, 5.74) is 6.37. The molecule has 0 spiro atoms. The highest BCUT2D eigenvalue weighted by atomic mass is 35.5. The van der Waals surface area contributed by atoms with E-state index >= 15 is 0 Å². The molecule has 90 valence electrons. The summed E-state index contributed by atoms with van der Waals surface area (Å²) in [6.07, 6.45) is 0. The molecule has 0 aromatic heterocycles. The predicted molar refractivity (Wildman–Crippen MR) is 70.1 cm³/mol. The van der Waals surface area contributed by atoms with E-state index in [4.69, 9.17) is 17.3 Å². The topological polar surface area (TPSA) is 55.1 Å². The minimum atomic E-state index is -0.496. The maximum atomic E-state index is 11.6. The molecule has 1 rings (SSSR count). The van der Waals surface area contributed by atoms with E-state index in [-0.39, 0.29) is 24.2 Å². The second-order valence-electron chi connectivity index (χ2n) is 3.77. The maximum absolute atomic E-state index is 11.6. The second-order valence-corrected chi connectivity index (χ2v) is 4.21. The van der Waals surface area contributed by atoms with Gasteiger partial charge in [-0.3, -0.25) is 4.79 Å². The fourth-order valence-electron chi connectivity index (χ4n) is 1.09. The number of hydrogen-bond acceptors (Lipinski definition) is 2. The van der Waals surface area contributed by atoms with E-state index in [0.29, 0.717) is 10.7 Å². The lowest BCUT2D eigenvalue weighted by Crippen LogP contribution is -2.39. The van der Waals surface area contributed by atoms with E-state index in [1.807, 2.05) is 13.8 Å². The molecule has 0 radical (unpaired) electrons. The summed E-state index contributed by atoms with van der Waals surface area (Å²) >= 11 is 5.79. The Balaban J connectivity index is 0.00000225. The molecule has 0 aliphatic rings. The smallest absolute Gasteiger partial charge is 0.241 e. The summed E-state index contributed by atoms with van der Waals surface area (Å²) in [4.78, 5) is 11.6. The molecule has 0 aliphatic heterocycles. The van der Waals surface area contributed by atoms with Crippen molar-refractivity contribution in [3.8, 4) is 0 Å². The zero-order valence-electron chi connectivity index (χ0n) is 9.24. The van der Waals surface area contributed by atoms with Gasteiger partial charge in [-0.15, -0.1) is 12.4 Å². The normalized spacial score (nSPS) is 11.8. The lowest BCUT2D eigenvalue weighted by Gasteiger charge is -2.15. The highest BCUT2D eigenvalue weighted by Crippen LogP contribution is 2.15. The minimum Gasteiger partial charge on any atom is -0.325 e. The fourth-order valence-corrected chi connectivity index (χ4v) is 1.28. The molecule has 1 aromatic rings. The molecule has 0 bridgehead atoms. The fraction of sp³-hybridized carbons (Fsp3) is 0.364. The Hall–Kier alpha value is -0.770. The molecule has 0 aliphatic carbocycles. The van der Waals surface area contributed by atoms with Gasteiger partial charge in [0.15, 0.2) is 0 Å². The predicted octanol–water partition coefficient (Wildman–Crippen LogP) is 2.68. The third-order valence-electron chi connectivity index (χ3n) is 2.11. The van der Waals surface area contributed by atoms with E-state index in [9.17, 15) is 4.79 Å². The number of hydrogen-bond donors (Lipinski definition) is 2. The van der Waals surface area contributed by atoms with Crippen LogP contribution in [0.3, 0.4) is 0 Å². The molecular formula is C11H16Cl2N2O. The molecule has 5 heteroatoms. The molecule has 0 saturated carbocycles. The standard InChI is InChI=1S/C11H15ClN2O.ClH/c1-7(2)10(13)11(15)14-9-5-3-4-8(12)6-9;/h3-7,10H,13H2,1-2H3,(H,14,15);1H. The summed E-state index contributed by atoms with van der Waals surface area (Å²) in [6.45, 7) is 3.81. The average molecular weight is 263 g/mol. The highest BCUT2D eigenvalue weighted by Gasteiger charge is 2.16. The third-order valence-corrected chi connectivity index (χ3v) is 2.35. The van der Waals surface area contributed by atoms with Crippen LogP contribution in [0.25, 0.3) is 0 Å². The van der Waals surface area contributed by atoms with Crippen molar-refractivity contribution < 1.29 is 4.79 Å². The quantitative estimate of drug-likeness (QED) is 0.880. The van der Waals surface area contributed by atoms with Gasteiger partial charge in [0, 0.05) is 10.7 Å². The van der Waals surface area contributed by atoms with Gasteiger partial charge >= 0.3 is 0 Å². The molecule has 0 fully saturated rings. The highest BCUT2D eigenvalue weighted by molar-refractivity contribution is 6.30. The van der Waals surface area contributed by atoms with Gasteiger partial charge in [0.2, 0.25) is 5.91 Å². The second kappa shape index (κ2) is 6.74. The number of rotatable bonds is 3. The van der Waals surface area contributed by atoms with Crippen molar-refractivity contribution in [1.29, 1.82) is 0 Å². The molecule has 1 unspecified atom stereocenters. The zero-order chi connectivity index (χ0) is 11.4. The van der Waals surface area contributed by atoms with Gasteiger partial charge in [-0.2, -0.15) is 0 Å². The maximum Gasteiger partial charge on any atom is 0.241 e. The Bertz CT molecular complexity index is 356. The van der Waals surface area contributed by atoms with Crippen LogP contribution in [0.5, 0.6) is 0 Å². The Morgan fingerprint density at radius 1 is 1.44 bits per heavy atom. The van der Waals surface area contributed by atoms with Crippen LogP contribution in [0.15, 0.2) is 24.3 Å². The molecule has 0 heterocycles. The largest absolute Gasteiger partial charge is 0.325 e. The Morgan fingerprint density at radius 3 is 2.56 bits per heavy atom. The molecule has 0 saturated heterocycles. The molecule has 1 amide bonds. The van der Waals surface area contributed by atoms with Crippen LogP contribution < -0.4 is 11.1 Å². The molecule has 1 aromatic carbocycles. The molecule has 3 nitrogen and oxygen atoms in total. The number of halogens is 2. The van der Waals surface area contributed by atoms with Crippen LogP contribution in [0.2, 0.25) is 5.02 Å². The molecular weight excluding hydrogens is 247 g/mol. The SMILES string of the molecule is CC(C)C(N)C(=O)Nc1cccc(Cl)c1.Cl. The summed E-state index contributed by atoms with van der Waals surface area (Å²) in [6, 6.07) is 6.49. The van der Waals surface area contributed by atoms with Gasteiger partial charge in [0.05, 0.1) is 6.04 Å². The van der Waals surface area contributed by atoms with Crippen LogP contribution >= 0.6 is 24.0 Å². The third kappa shape index (κ3) is 4.39. The number of amides is 1. The average Bonchev–Trinajstić information content (AvgIpc) is 2.16. The van der Waals surface area contributed by atoms with Crippen molar-refractivity contribution in [2.24, 2.45) is 11.7 Å². The first-order chi connectivity index (χ1) is 7.00. The van der Waals surface area contributed by atoms with Crippen LogP contribution in [0.4, 0.5) is 5.69 Å². The lowest BCUT2D eigenvalue weighted by atomic mass is 10.1. The van der Waals surface area contributed by atoms with Gasteiger partial charge in [-0.25, -0.2) is 0 Å². The number of nitrogens with two attached hydrogens (primary N) is 1. The molecule has 3 N–H and O–H groups in total. The summed E-state index contributed by atoms with van der Waals surface area (Å²) < 4.78 is 0. The Kier molecular flexibility index (Phi) is 6.41. The van der Waals surface area contributed by atoms with Crippen LogP contribution in [0.1, 0.15) is 13.8 Å². The van der Waals surface area contributed by atoms with Crippen molar-refractivity contribution >= 4 is 35.6 Å². The van der Waals surface area contributed by atoms with E-state index in [2.05, 4.69) is 5.32 Å². The van der Waals surface area contributed by atoms with E-state index < -0.39 is 6.04 Å². The number of carbonyl (C=O) groups is 1. The summed E-state index contributed by atoms with van der Waals surface area (Å²) in [5.74, 6) is -0.0727. The molecule has 1 atom stereocenters. The van der Waals surface area contributed by atoms with E-state index in [1.165, 1.54) is 0 Å². The van der Waals surface area contributed by atoms with Gasteiger partial charge < -0.3 is 11.1 Å². The van der Waals surface area contributed by atoms with Crippen molar-refractivity contribution in [3.05, 3.63) is 29.3 Å². The Labute approximate surface area is 107 Å². The zero-order valence-corrected chi connectivity index (χ0v) is 10.8. The Morgan fingerprint density at radius 2 is 2.06 bits per heavy atom. The van der Waals surface area contributed by atoms with Crippen molar-refractivity contribution in [3.63, 3.8) is 0 Å². The van der Waals surface area contributed by atoms with E-state index in [0.717, 1.165) is 0 Å². The number of anilines is 1. The summed E-state index contributed by atoms with van der Waals surface area (Å²) in [7, 11) is 0. The van der Waals surface area contributed by atoms with Crippen molar-refractivity contribution in [2.75, 3.05) is 5.32 Å². The van der Waals surface area contributed by atoms with E-state index in [1.54, 1.807) is 24.3 Å². The summed E-state index contributed by atoms with van der Waals surface area (Å²) in [5, 5.41) is 3.30. The van der Waals surface area contributed by atoms with Crippen LogP contribution in [0, 0.1) is 5.92 Å². The van der Waals surface area contributed by atoms with Crippen LogP contribution in [-0.4, -0.2) is 11.9 Å². The number of benzene rings is 1. The van der Waals surface area contributed by atoms with Crippen molar-refractivity contribution in [2.45, 2.75) is 19.9 Å². The van der Waals surface area contributed by atoms with Crippen molar-refractivity contribution in [1.82, 2.24) is 0 Å². The first-order valence-corrected chi connectivity index (χ1v) is 5.20. The van der Waals surface area contributed by atoms with Crippen LogP contribution in [-0.2, 0) is 4.79 Å². The first kappa shape index (κ1) is 15.2. The minimum absolute atomic E-state index is 0. The number of nitrogens with one attached hydrogen (secondary N) is 1. The van der Waals surface area contributed by atoms with Gasteiger partial charge in [-0.05, 0) is 24.1 Å². The lowest BCUT2D eigenvalue weighted by molar-refractivity contribution is -0.118. The molecule has 16 heavy (non-hydrogen) atoms. The first-order valence-electron chi connectivity index (χ1n) is 4.82. The van der Waals surface area contributed by atoms with Gasteiger partial charge in [-0.1, -0.05) is 31.5 Å². The number of carbonyl (C=O) groups excluding carboxylic acids is 1. The van der Waals surface area contributed by atoms with Gasteiger partial charge in [0.25, 0.3) is 0 Å². The monoisotopic (exact) mass is 262 g/mol. The van der Waals surface area contributed by atoms with Gasteiger partial charge in [0.1, 0.15) is 0 Å².